The van der Waals surface area contributed by atoms with Gasteiger partial charge in [-0.3, -0.25) is 9.48 Å². The molecule has 0 aromatic carbocycles. The third-order valence-electron chi connectivity index (χ3n) is 4.18. The van der Waals surface area contributed by atoms with Gasteiger partial charge in [0.2, 0.25) is 15.9 Å². The fourth-order valence-corrected chi connectivity index (χ4v) is 4.58. The van der Waals surface area contributed by atoms with Crippen LogP contribution in [0.4, 0.5) is 0 Å². The Balaban J connectivity index is 1.59. The van der Waals surface area contributed by atoms with Crippen LogP contribution in [0.15, 0.2) is 22.1 Å². The molecule has 0 radical (unpaired) electrons. The number of aromatic nitrogens is 4. The third kappa shape index (κ3) is 3.56. The van der Waals surface area contributed by atoms with Crippen LogP contribution in [0.3, 0.4) is 0 Å². The highest BCUT2D eigenvalue weighted by Crippen LogP contribution is 2.24. The molecule has 11 heteroatoms. The quantitative estimate of drug-likeness (QED) is 0.718. The zero-order valence-electron chi connectivity index (χ0n) is 14.1. The minimum atomic E-state index is -3.66. The Morgan fingerprint density at radius 2 is 1.96 bits per heavy atom. The molecule has 1 amide bonds. The van der Waals surface area contributed by atoms with E-state index in [1.807, 2.05) is 0 Å². The Labute approximate surface area is 145 Å². The van der Waals surface area contributed by atoms with Gasteiger partial charge in [0.1, 0.15) is 23.2 Å². The molecule has 0 atom stereocenters. The highest BCUT2D eigenvalue weighted by molar-refractivity contribution is 7.89. The number of hydrogen-bond acceptors (Lipinski definition) is 7. The second-order valence-electron chi connectivity index (χ2n) is 5.85. The number of nitrogens with zero attached hydrogens (tertiary/aromatic N) is 6. The molecule has 2 aromatic heterocycles. The number of aryl methyl sites for hydroxylation is 3. The van der Waals surface area contributed by atoms with Gasteiger partial charge in [0.05, 0.1) is 6.54 Å². The van der Waals surface area contributed by atoms with Crippen molar-refractivity contribution in [2.24, 2.45) is 0 Å². The third-order valence-corrected chi connectivity index (χ3v) is 6.32. The van der Waals surface area contributed by atoms with Gasteiger partial charge < -0.3 is 9.42 Å². The SMILES string of the molecule is Cc1noc(C)c1S(=O)(=O)N1CCN(C(=O)CCn2cncn2)CC1. The second-order valence-corrected chi connectivity index (χ2v) is 7.72. The molecule has 0 saturated carbocycles. The molecular weight excluding hydrogens is 348 g/mol. The smallest absolute Gasteiger partial charge is 0.248 e. The monoisotopic (exact) mass is 368 g/mol. The lowest BCUT2D eigenvalue weighted by atomic mass is 10.3. The van der Waals surface area contributed by atoms with Crippen molar-refractivity contribution in [1.29, 1.82) is 0 Å². The lowest BCUT2D eigenvalue weighted by Gasteiger charge is -2.34. The summed E-state index contributed by atoms with van der Waals surface area (Å²) in [6.07, 6.45) is 3.28. The normalized spacial score (nSPS) is 16.3. The molecular formula is C14H20N6O4S. The van der Waals surface area contributed by atoms with Crippen molar-refractivity contribution < 1.29 is 17.7 Å². The van der Waals surface area contributed by atoms with Crippen LogP contribution in [-0.4, -0.2) is 69.6 Å². The molecule has 10 nitrogen and oxygen atoms in total. The van der Waals surface area contributed by atoms with E-state index >= 15 is 0 Å². The maximum absolute atomic E-state index is 12.8. The summed E-state index contributed by atoms with van der Waals surface area (Å²) in [5.41, 5.74) is 0.351. The van der Waals surface area contributed by atoms with Crippen molar-refractivity contribution in [2.45, 2.75) is 31.7 Å². The summed E-state index contributed by atoms with van der Waals surface area (Å²) >= 11 is 0. The van der Waals surface area contributed by atoms with Gasteiger partial charge in [-0.25, -0.2) is 13.4 Å². The number of sulfonamides is 1. The molecule has 1 aliphatic rings. The van der Waals surface area contributed by atoms with E-state index in [0.717, 1.165) is 0 Å². The lowest BCUT2D eigenvalue weighted by Crippen LogP contribution is -2.50. The van der Waals surface area contributed by atoms with Crippen LogP contribution in [0.1, 0.15) is 17.9 Å². The molecule has 0 spiro atoms. The van der Waals surface area contributed by atoms with Crippen molar-refractivity contribution >= 4 is 15.9 Å². The standard InChI is InChI=1S/C14H20N6O4S/c1-11-14(12(2)24-17-11)25(22,23)20-7-5-18(6-8-20)13(21)3-4-19-10-15-9-16-19/h9-10H,3-8H2,1-2H3. The summed E-state index contributed by atoms with van der Waals surface area (Å²) in [7, 11) is -3.66. The fraction of sp³-hybridized carbons (Fsp3) is 0.571. The first-order valence-corrected chi connectivity index (χ1v) is 9.37. The first kappa shape index (κ1) is 17.5. The van der Waals surface area contributed by atoms with E-state index in [0.29, 0.717) is 31.7 Å². The molecule has 3 heterocycles. The average molecular weight is 368 g/mol. The van der Waals surface area contributed by atoms with Crippen molar-refractivity contribution in [3.05, 3.63) is 24.1 Å². The molecule has 136 valence electrons. The zero-order chi connectivity index (χ0) is 18.0. The van der Waals surface area contributed by atoms with Gasteiger partial charge in [-0.2, -0.15) is 9.40 Å². The Kier molecular flexibility index (Phi) is 4.86. The molecule has 1 aliphatic heterocycles. The number of hydrogen-bond donors (Lipinski definition) is 0. The van der Waals surface area contributed by atoms with E-state index in [9.17, 15) is 13.2 Å². The molecule has 0 aliphatic carbocycles. The molecule has 1 saturated heterocycles. The number of rotatable bonds is 5. The largest absolute Gasteiger partial charge is 0.360 e. The number of carbonyl (C=O) groups excluding carboxylic acids is 1. The van der Waals surface area contributed by atoms with Gasteiger partial charge in [0.15, 0.2) is 5.76 Å². The Hall–Kier alpha value is -2.27. The average Bonchev–Trinajstić information content (AvgIpc) is 3.22. The van der Waals surface area contributed by atoms with Crippen molar-refractivity contribution in [3.63, 3.8) is 0 Å². The number of piperazine rings is 1. The van der Waals surface area contributed by atoms with Crippen LogP contribution in [0.25, 0.3) is 0 Å². The summed E-state index contributed by atoms with van der Waals surface area (Å²) in [4.78, 5) is 17.9. The molecule has 2 aromatic rings. The van der Waals surface area contributed by atoms with Crippen molar-refractivity contribution in [3.8, 4) is 0 Å². The summed E-state index contributed by atoms with van der Waals surface area (Å²) in [5.74, 6) is 0.258. The van der Waals surface area contributed by atoms with Crippen molar-refractivity contribution in [2.75, 3.05) is 26.2 Å². The maximum Gasteiger partial charge on any atom is 0.248 e. The highest BCUT2D eigenvalue weighted by atomic mass is 32.2. The van der Waals surface area contributed by atoms with Crippen LogP contribution >= 0.6 is 0 Å². The summed E-state index contributed by atoms with van der Waals surface area (Å²) in [5, 5.41) is 7.67. The van der Waals surface area contributed by atoms with Gasteiger partial charge in [0, 0.05) is 32.6 Å². The lowest BCUT2D eigenvalue weighted by molar-refractivity contribution is -0.132. The molecule has 0 bridgehead atoms. The summed E-state index contributed by atoms with van der Waals surface area (Å²) < 4.78 is 33.4. The van der Waals surface area contributed by atoms with E-state index in [1.165, 1.54) is 10.6 Å². The Morgan fingerprint density at radius 1 is 1.24 bits per heavy atom. The second kappa shape index (κ2) is 6.92. The van der Waals surface area contributed by atoms with Crippen LogP contribution in [0, 0.1) is 13.8 Å². The molecule has 3 rings (SSSR count). The highest BCUT2D eigenvalue weighted by Gasteiger charge is 2.34. The molecule has 0 unspecified atom stereocenters. The van der Waals surface area contributed by atoms with Crippen LogP contribution in [0.2, 0.25) is 0 Å². The predicted octanol–water partition coefficient (Wildman–Crippen LogP) is -0.194. The minimum absolute atomic E-state index is 0.0233. The first-order valence-electron chi connectivity index (χ1n) is 7.93. The first-order chi connectivity index (χ1) is 11.9. The van der Waals surface area contributed by atoms with Gasteiger partial charge in [-0.05, 0) is 13.8 Å². The van der Waals surface area contributed by atoms with Crippen LogP contribution in [0.5, 0.6) is 0 Å². The van der Waals surface area contributed by atoms with Gasteiger partial charge in [0.25, 0.3) is 0 Å². The van der Waals surface area contributed by atoms with E-state index in [1.54, 1.807) is 29.8 Å². The van der Waals surface area contributed by atoms with Gasteiger partial charge >= 0.3 is 0 Å². The van der Waals surface area contributed by atoms with E-state index < -0.39 is 10.0 Å². The predicted molar refractivity (Wildman–Crippen MR) is 86.0 cm³/mol. The topological polar surface area (TPSA) is 114 Å². The van der Waals surface area contributed by atoms with E-state index in [-0.39, 0.29) is 29.7 Å². The van der Waals surface area contributed by atoms with E-state index in [2.05, 4.69) is 15.2 Å². The number of carbonyl (C=O) groups is 1. The maximum atomic E-state index is 12.8. The molecule has 0 N–H and O–H groups in total. The number of amides is 1. The van der Waals surface area contributed by atoms with Gasteiger partial charge in [-0.1, -0.05) is 5.16 Å². The van der Waals surface area contributed by atoms with Crippen molar-refractivity contribution in [1.82, 2.24) is 29.1 Å². The van der Waals surface area contributed by atoms with E-state index in [4.69, 9.17) is 4.52 Å². The van der Waals surface area contributed by atoms with Crippen LogP contribution < -0.4 is 0 Å². The summed E-state index contributed by atoms with van der Waals surface area (Å²) in [6, 6.07) is 0. The zero-order valence-corrected chi connectivity index (χ0v) is 14.9. The van der Waals surface area contributed by atoms with Gasteiger partial charge in [-0.15, -0.1) is 0 Å². The molecule has 25 heavy (non-hydrogen) atoms. The Morgan fingerprint density at radius 3 is 2.52 bits per heavy atom. The van der Waals surface area contributed by atoms with Crippen LogP contribution in [-0.2, 0) is 21.4 Å². The summed E-state index contributed by atoms with van der Waals surface area (Å²) in [6.45, 7) is 4.86. The Bertz CT molecular complexity index is 817. The minimum Gasteiger partial charge on any atom is -0.360 e. The molecule has 1 fully saturated rings. The fourth-order valence-electron chi connectivity index (χ4n) is 2.87.